The Balaban J connectivity index is 1.60. The van der Waals surface area contributed by atoms with Crippen molar-refractivity contribution in [3.8, 4) is 17.1 Å². The highest BCUT2D eigenvalue weighted by Gasteiger charge is 2.23. The average molecular weight is 405 g/mol. The second-order valence-electron chi connectivity index (χ2n) is 8.06. The zero-order valence-electron chi connectivity index (χ0n) is 17.2. The molecule has 7 heteroatoms. The fourth-order valence-electron chi connectivity index (χ4n) is 4.23. The summed E-state index contributed by atoms with van der Waals surface area (Å²) in [7, 11) is 4.03. The molecule has 0 unspecified atom stereocenters. The molecule has 0 bridgehead atoms. The van der Waals surface area contributed by atoms with Gasteiger partial charge in [-0.25, -0.2) is 14.3 Å². The number of hydrogen-bond donors (Lipinski definition) is 2. The number of aryl methyl sites for hydroxylation is 1. The lowest BCUT2D eigenvalue weighted by Crippen LogP contribution is -2.43. The van der Waals surface area contributed by atoms with Gasteiger partial charge in [-0.1, -0.05) is 12.1 Å². The summed E-state index contributed by atoms with van der Waals surface area (Å²) < 4.78 is 7.74. The Labute approximate surface area is 173 Å². The summed E-state index contributed by atoms with van der Waals surface area (Å²) in [5.41, 5.74) is 3.14. The molecule has 154 valence electrons. The van der Waals surface area contributed by atoms with Crippen LogP contribution in [0.15, 0.2) is 51.7 Å². The minimum Gasteiger partial charge on any atom is -0.507 e. The minimum absolute atomic E-state index is 0.161. The van der Waals surface area contributed by atoms with Gasteiger partial charge in [-0.3, -0.25) is 4.90 Å². The highest BCUT2D eigenvalue weighted by Crippen LogP contribution is 2.30. The van der Waals surface area contributed by atoms with E-state index in [1.165, 1.54) is 0 Å². The van der Waals surface area contributed by atoms with Crippen LogP contribution < -0.4 is 10.2 Å². The molecule has 7 nitrogen and oxygen atoms in total. The number of para-hydroxylation sites is 2. The van der Waals surface area contributed by atoms with Gasteiger partial charge in [0.05, 0.1) is 12.6 Å². The van der Waals surface area contributed by atoms with Crippen molar-refractivity contribution in [2.24, 2.45) is 7.05 Å². The van der Waals surface area contributed by atoms with Crippen LogP contribution in [0.5, 0.6) is 5.75 Å². The van der Waals surface area contributed by atoms with E-state index in [0.29, 0.717) is 29.1 Å². The van der Waals surface area contributed by atoms with Gasteiger partial charge in [0.2, 0.25) is 0 Å². The zero-order chi connectivity index (χ0) is 20.8. The molecule has 1 aliphatic heterocycles. The Morgan fingerprint density at radius 2 is 1.90 bits per heavy atom. The van der Waals surface area contributed by atoms with Crippen LogP contribution in [0.4, 0.5) is 0 Å². The quantitative estimate of drug-likeness (QED) is 0.404. The van der Waals surface area contributed by atoms with Gasteiger partial charge in [-0.05, 0) is 37.4 Å². The maximum absolute atomic E-state index is 13.0. The normalized spacial score (nSPS) is 15.9. The molecule has 0 spiro atoms. The fraction of sp³-hybridized carbons (Fsp3) is 0.304. The van der Waals surface area contributed by atoms with Crippen molar-refractivity contribution in [2.45, 2.75) is 6.54 Å². The van der Waals surface area contributed by atoms with Crippen molar-refractivity contribution in [1.29, 1.82) is 0 Å². The van der Waals surface area contributed by atoms with E-state index in [4.69, 9.17) is 4.42 Å². The van der Waals surface area contributed by atoms with E-state index < -0.39 is 5.63 Å². The number of phenolic OH excluding ortho intramolecular Hbond substituents is 1. The van der Waals surface area contributed by atoms with Crippen molar-refractivity contribution in [1.82, 2.24) is 14.8 Å². The minimum atomic E-state index is -0.421. The van der Waals surface area contributed by atoms with E-state index in [1.54, 1.807) is 12.1 Å². The Bertz CT molecular complexity index is 1300. The predicted molar refractivity (Wildman–Crippen MR) is 115 cm³/mol. The van der Waals surface area contributed by atoms with Crippen molar-refractivity contribution in [2.75, 3.05) is 33.2 Å². The molecular weight excluding hydrogens is 380 g/mol. The monoisotopic (exact) mass is 405 g/mol. The van der Waals surface area contributed by atoms with Crippen LogP contribution in [-0.4, -0.2) is 53.1 Å². The standard InChI is InChI=1S/C23H24N4O3/c1-25-9-11-27(12-10-25)14-17-20(28)8-7-15-13-16(23(29)30-21(15)17)22-24-18-5-3-4-6-19(18)26(22)2/h3-8,13H,9-12,14H2,1-2H3,(H,24,28,29)/p+1. The van der Waals surface area contributed by atoms with Gasteiger partial charge in [0.25, 0.3) is 5.82 Å². The molecule has 1 aliphatic rings. The highest BCUT2D eigenvalue weighted by atomic mass is 16.4. The highest BCUT2D eigenvalue weighted by molar-refractivity contribution is 5.85. The summed E-state index contributed by atoms with van der Waals surface area (Å²) in [4.78, 5) is 20.8. The maximum atomic E-state index is 13.0. The van der Waals surface area contributed by atoms with Crippen LogP contribution in [0.2, 0.25) is 0 Å². The number of likely N-dealkylation sites (N-methyl/N-ethyl adjacent to an activating group) is 1. The second-order valence-corrected chi connectivity index (χ2v) is 8.06. The molecule has 2 N–H and O–H groups in total. The number of hydrogen-bond acceptors (Lipinski definition) is 5. The van der Waals surface area contributed by atoms with Crippen LogP contribution in [0.25, 0.3) is 33.4 Å². The number of phenols is 1. The largest absolute Gasteiger partial charge is 0.507 e. The van der Waals surface area contributed by atoms with Crippen LogP contribution in [0.1, 0.15) is 5.56 Å². The van der Waals surface area contributed by atoms with E-state index >= 15 is 0 Å². The number of fused-ring (bicyclic) bond motifs is 2. The van der Waals surface area contributed by atoms with E-state index in [0.717, 1.165) is 42.6 Å². The molecule has 3 heterocycles. The summed E-state index contributed by atoms with van der Waals surface area (Å²) in [6.45, 7) is 4.35. The Kier molecular flexibility index (Phi) is 4.56. The first-order valence-corrected chi connectivity index (χ1v) is 10.2. The van der Waals surface area contributed by atoms with Gasteiger partial charge in [0.1, 0.15) is 11.3 Å². The fourth-order valence-corrected chi connectivity index (χ4v) is 4.23. The first-order valence-electron chi connectivity index (χ1n) is 10.2. The number of H-pyrrole nitrogens is 1. The summed E-state index contributed by atoms with van der Waals surface area (Å²) in [6.07, 6.45) is 0. The first kappa shape index (κ1) is 18.8. The van der Waals surface area contributed by atoms with Gasteiger partial charge in [0.15, 0.2) is 16.6 Å². The molecule has 2 aromatic carbocycles. The summed E-state index contributed by atoms with van der Waals surface area (Å²) in [5.74, 6) is 0.856. The zero-order valence-corrected chi connectivity index (χ0v) is 17.2. The topological polar surface area (TPSA) is 76.6 Å². The summed E-state index contributed by atoms with van der Waals surface area (Å²) in [6, 6.07) is 13.2. The molecule has 0 amide bonds. The van der Waals surface area contributed by atoms with Gasteiger partial charge in [-0.15, -0.1) is 0 Å². The second kappa shape index (κ2) is 7.27. The Morgan fingerprint density at radius 1 is 1.13 bits per heavy atom. The average Bonchev–Trinajstić information content (AvgIpc) is 3.08. The van der Waals surface area contributed by atoms with Crippen molar-refractivity contribution < 1.29 is 14.1 Å². The third kappa shape index (κ3) is 3.16. The number of imidazole rings is 1. The summed E-state index contributed by atoms with van der Waals surface area (Å²) in [5, 5.41) is 11.3. The van der Waals surface area contributed by atoms with Crippen molar-refractivity contribution >= 4 is 22.0 Å². The number of nitrogens with one attached hydrogen (secondary N) is 1. The first-order chi connectivity index (χ1) is 14.5. The third-order valence-corrected chi connectivity index (χ3v) is 6.07. The molecule has 4 aromatic rings. The molecule has 0 radical (unpaired) electrons. The molecule has 30 heavy (non-hydrogen) atoms. The van der Waals surface area contributed by atoms with Crippen molar-refractivity contribution in [3.05, 3.63) is 58.4 Å². The SMILES string of the molecule is CN1CCN(Cc2c(O)ccc3cc(-c4[nH]c5ccccc5[n+]4C)c(=O)oc23)CC1. The van der Waals surface area contributed by atoms with E-state index in [1.807, 2.05) is 41.9 Å². The van der Waals surface area contributed by atoms with E-state index in [2.05, 4.69) is 21.8 Å². The van der Waals surface area contributed by atoms with Gasteiger partial charge >= 0.3 is 5.63 Å². The maximum Gasteiger partial charge on any atom is 0.352 e. The number of benzene rings is 2. The Hall–Kier alpha value is -3.16. The number of rotatable bonds is 3. The number of aromatic nitrogens is 2. The van der Waals surface area contributed by atoms with Crippen LogP contribution in [0.3, 0.4) is 0 Å². The summed E-state index contributed by atoms with van der Waals surface area (Å²) >= 11 is 0. The van der Waals surface area contributed by atoms with Crippen molar-refractivity contribution in [3.63, 3.8) is 0 Å². The number of aromatic hydroxyl groups is 1. The third-order valence-electron chi connectivity index (χ3n) is 6.07. The van der Waals surface area contributed by atoms with E-state index in [-0.39, 0.29) is 5.75 Å². The molecule has 0 aliphatic carbocycles. The number of aromatic amines is 1. The van der Waals surface area contributed by atoms with Gasteiger partial charge in [-0.2, -0.15) is 0 Å². The van der Waals surface area contributed by atoms with E-state index in [9.17, 15) is 9.90 Å². The van der Waals surface area contributed by atoms with Gasteiger partial charge < -0.3 is 14.4 Å². The Morgan fingerprint density at radius 3 is 2.67 bits per heavy atom. The molecule has 0 saturated carbocycles. The molecule has 1 fully saturated rings. The smallest absolute Gasteiger partial charge is 0.352 e. The molecule has 5 rings (SSSR count). The molecule has 1 saturated heterocycles. The molecule has 0 atom stereocenters. The number of nitrogens with zero attached hydrogens (tertiary/aromatic N) is 3. The van der Waals surface area contributed by atoms with Crippen LogP contribution in [0, 0.1) is 0 Å². The lowest BCUT2D eigenvalue weighted by molar-refractivity contribution is -0.633. The van der Waals surface area contributed by atoms with Gasteiger partial charge in [0, 0.05) is 38.1 Å². The predicted octanol–water partition coefficient (Wildman–Crippen LogP) is 2.22. The lowest BCUT2D eigenvalue weighted by Gasteiger charge is -2.32. The van der Waals surface area contributed by atoms with Crippen LogP contribution in [-0.2, 0) is 13.6 Å². The van der Waals surface area contributed by atoms with Crippen LogP contribution >= 0.6 is 0 Å². The molecular formula is C23H25N4O3+. The lowest BCUT2D eigenvalue weighted by atomic mass is 10.1. The molecule has 2 aromatic heterocycles. The number of piperazine rings is 1.